The van der Waals surface area contributed by atoms with Gasteiger partial charge in [0, 0.05) is 45.2 Å². The Morgan fingerprint density at radius 2 is 1.26 bits per heavy atom. The number of rotatable bonds is 1. The first-order valence-electron chi connectivity index (χ1n) is 11.2. The quantitative estimate of drug-likeness (QED) is 0.207. The second kappa shape index (κ2) is 7.08. The zero-order valence-corrected chi connectivity index (χ0v) is 20.5. The molecule has 5 heteroatoms. The molecule has 0 saturated carbocycles. The minimum Gasteiger partial charge on any atom is -0.204 e. The molecule has 8 rings (SSSR count). The summed E-state index contributed by atoms with van der Waals surface area (Å²) in [5, 5.41) is 7.85. The van der Waals surface area contributed by atoms with Crippen molar-refractivity contribution in [3.8, 4) is 10.4 Å². The van der Waals surface area contributed by atoms with Crippen LogP contribution in [0.5, 0.6) is 0 Å². The first kappa shape index (κ1) is 19.9. The standard InChI is InChI=1S/C30H14F2S3/c31-22-12-21-20-8-7-18-19(29(20)35-26(21)13-23(22)32)9-10-24-28(18)30-27(33-24)14-25(34-30)17-6-5-15-3-1-2-4-16(15)11-17/h1-14H. The van der Waals surface area contributed by atoms with Gasteiger partial charge in [-0.1, -0.05) is 54.6 Å². The number of hydrogen-bond acceptors (Lipinski definition) is 3. The van der Waals surface area contributed by atoms with Crippen LogP contribution >= 0.6 is 34.0 Å². The summed E-state index contributed by atoms with van der Waals surface area (Å²) in [6.45, 7) is 0. The molecule has 0 saturated heterocycles. The Morgan fingerprint density at radius 1 is 0.486 bits per heavy atom. The van der Waals surface area contributed by atoms with Crippen LogP contribution in [0.4, 0.5) is 8.78 Å². The number of hydrogen-bond donors (Lipinski definition) is 0. The van der Waals surface area contributed by atoms with Gasteiger partial charge in [0.05, 0.1) is 4.70 Å². The molecule has 0 bridgehead atoms. The van der Waals surface area contributed by atoms with Crippen molar-refractivity contribution in [3.05, 3.63) is 96.6 Å². The third-order valence-corrected chi connectivity index (χ3v) is 10.5. The minimum absolute atomic E-state index is 0.774. The Kier molecular flexibility index (Phi) is 4.02. The summed E-state index contributed by atoms with van der Waals surface area (Å²) >= 11 is 5.20. The molecule has 0 nitrogen and oxygen atoms in total. The fourth-order valence-electron chi connectivity index (χ4n) is 5.16. The highest BCUT2D eigenvalue weighted by Crippen LogP contribution is 2.48. The Hall–Kier alpha value is -3.38. The second-order valence-electron chi connectivity index (χ2n) is 8.81. The molecule has 0 fully saturated rings. The summed E-state index contributed by atoms with van der Waals surface area (Å²) < 4.78 is 33.6. The lowest BCUT2D eigenvalue weighted by molar-refractivity contribution is 0.511. The van der Waals surface area contributed by atoms with E-state index in [-0.39, 0.29) is 0 Å². The lowest BCUT2D eigenvalue weighted by Gasteiger charge is -2.03. The van der Waals surface area contributed by atoms with Gasteiger partial charge in [0.2, 0.25) is 0 Å². The first-order valence-corrected chi connectivity index (χ1v) is 13.7. The molecule has 0 spiro atoms. The molecule has 5 aromatic carbocycles. The fraction of sp³-hybridized carbons (Fsp3) is 0. The van der Waals surface area contributed by atoms with E-state index in [1.165, 1.54) is 69.6 Å². The SMILES string of the molecule is Fc1cc2sc3c(ccc4c3ccc3sc5cc(-c6ccc7ccccc7c6)sc5c34)c2cc1F. The van der Waals surface area contributed by atoms with Crippen molar-refractivity contribution in [1.82, 2.24) is 0 Å². The van der Waals surface area contributed by atoms with E-state index in [0.29, 0.717) is 0 Å². The monoisotopic (exact) mass is 508 g/mol. The molecule has 3 aromatic heterocycles. The predicted octanol–water partition coefficient (Wildman–Crippen LogP) is 10.7. The van der Waals surface area contributed by atoms with Gasteiger partial charge in [0.15, 0.2) is 11.6 Å². The highest BCUT2D eigenvalue weighted by molar-refractivity contribution is 7.34. The van der Waals surface area contributed by atoms with Crippen LogP contribution < -0.4 is 0 Å². The summed E-state index contributed by atoms with van der Waals surface area (Å²) in [6.07, 6.45) is 0. The lowest BCUT2D eigenvalue weighted by Crippen LogP contribution is -1.81. The van der Waals surface area contributed by atoms with Crippen molar-refractivity contribution in [2.24, 2.45) is 0 Å². The van der Waals surface area contributed by atoms with E-state index in [1.807, 2.05) is 22.7 Å². The first-order chi connectivity index (χ1) is 17.1. The van der Waals surface area contributed by atoms with Gasteiger partial charge < -0.3 is 0 Å². The zero-order valence-electron chi connectivity index (χ0n) is 18.1. The van der Waals surface area contributed by atoms with Crippen molar-refractivity contribution < 1.29 is 8.78 Å². The number of fused-ring (bicyclic) bond motifs is 10. The van der Waals surface area contributed by atoms with Crippen LogP contribution in [0.2, 0.25) is 0 Å². The van der Waals surface area contributed by atoms with E-state index in [1.54, 1.807) is 0 Å². The zero-order chi connectivity index (χ0) is 23.3. The van der Waals surface area contributed by atoms with Gasteiger partial charge >= 0.3 is 0 Å². The maximum absolute atomic E-state index is 14.0. The van der Waals surface area contributed by atoms with Crippen LogP contribution in [-0.2, 0) is 0 Å². The molecule has 3 heterocycles. The summed E-state index contributed by atoms with van der Waals surface area (Å²) in [4.78, 5) is 1.27. The maximum Gasteiger partial charge on any atom is 0.160 e. The van der Waals surface area contributed by atoms with E-state index >= 15 is 0 Å². The fourth-order valence-corrected chi connectivity index (χ4v) is 8.97. The smallest absolute Gasteiger partial charge is 0.160 e. The van der Waals surface area contributed by atoms with E-state index in [2.05, 4.69) is 72.8 Å². The van der Waals surface area contributed by atoms with Crippen LogP contribution in [0, 0.1) is 11.6 Å². The molecular formula is C30H14F2S3. The van der Waals surface area contributed by atoms with Gasteiger partial charge in [-0.3, -0.25) is 0 Å². The summed E-state index contributed by atoms with van der Waals surface area (Å²) in [5.41, 5.74) is 1.24. The lowest BCUT2D eigenvalue weighted by atomic mass is 10.0. The van der Waals surface area contributed by atoms with Crippen molar-refractivity contribution in [1.29, 1.82) is 0 Å². The summed E-state index contributed by atoms with van der Waals surface area (Å²) in [5.74, 6) is -1.60. The molecule has 0 N–H and O–H groups in total. The normalized spacial score (nSPS) is 12.3. The summed E-state index contributed by atoms with van der Waals surface area (Å²) in [7, 11) is 0. The number of thiophene rings is 3. The molecule has 0 unspecified atom stereocenters. The van der Waals surface area contributed by atoms with Crippen molar-refractivity contribution in [2.45, 2.75) is 0 Å². The van der Waals surface area contributed by atoms with Crippen molar-refractivity contribution in [2.75, 3.05) is 0 Å². The van der Waals surface area contributed by atoms with Gasteiger partial charge in [0.25, 0.3) is 0 Å². The molecule has 0 aliphatic rings. The molecule has 0 atom stereocenters. The Labute approximate surface area is 210 Å². The molecule has 35 heavy (non-hydrogen) atoms. The van der Waals surface area contributed by atoms with E-state index in [4.69, 9.17) is 0 Å². The van der Waals surface area contributed by atoms with Crippen LogP contribution in [0.25, 0.3) is 71.6 Å². The van der Waals surface area contributed by atoms with E-state index in [9.17, 15) is 8.78 Å². The van der Waals surface area contributed by atoms with Gasteiger partial charge in [0.1, 0.15) is 0 Å². The Morgan fingerprint density at radius 3 is 2.17 bits per heavy atom. The molecular weight excluding hydrogens is 495 g/mol. The summed E-state index contributed by atoms with van der Waals surface area (Å²) in [6, 6.07) is 28.6. The average molecular weight is 509 g/mol. The Bertz CT molecular complexity index is 2140. The molecule has 8 aromatic rings. The van der Waals surface area contributed by atoms with Crippen LogP contribution in [0.1, 0.15) is 0 Å². The van der Waals surface area contributed by atoms with E-state index < -0.39 is 11.6 Å². The largest absolute Gasteiger partial charge is 0.204 e. The van der Waals surface area contributed by atoms with Gasteiger partial charge in [-0.05, 0) is 52.1 Å². The van der Waals surface area contributed by atoms with Crippen LogP contribution in [0.3, 0.4) is 0 Å². The minimum atomic E-state index is -0.799. The van der Waals surface area contributed by atoms with Crippen molar-refractivity contribution in [3.63, 3.8) is 0 Å². The van der Waals surface area contributed by atoms with Crippen LogP contribution in [-0.4, -0.2) is 0 Å². The predicted molar refractivity (Wildman–Crippen MR) is 150 cm³/mol. The van der Waals surface area contributed by atoms with Crippen molar-refractivity contribution >= 4 is 95.2 Å². The maximum atomic E-state index is 14.0. The highest BCUT2D eigenvalue weighted by Gasteiger charge is 2.17. The third kappa shape index (κ3) is 2.80. The van der Waals surface area contributed by atoms with Gasteiger partial charge in [-0.25, -0.2) is 8.78 Å². The molecule has 0 amide bonds. The average Bonchev–Trinajstić information content (AvgIpc) is 3.54. The van der Waals surface area contributed by atoms with Crippen LogP contribution in [0.15, 0.2) is 84.9 Å². The number of benzene rings is 5. The molecule has 166 valence electrons. The molecule has 0 aliphatic heterocycles. The van der Waals surface area contributed by atoms with Gasteiger partial charge in [-0.15, -0.1) is 34.0 Å². The molecule has 0 radical (unpaired) electrons. The Balaban J connectivity index is 1.40. The van der Waals surface area contributed by atoms with E-state index in [0.717, 1.165) is 25.6 Å². The topological polar surface area (TPSA) is 0 Å². The number of halogens is 2. The second-order valence-corrected chi connectivity index (χ2v) is 12.0. The third-order valence-electron chi connectivity index (χ3n) is 6.82. The van der Waals surface area contributed by atoms with Gasteiger partial charge in [-0.2, -0.15) is 0 Å². The molecule has 0 aliphatic carbocycles. The highest BCUT2D eigenvalue weighted by atomic mass is 32.1.